The second kappa shape index (κ2) is 65.9. The molecule has 2 aliphatic rings. The number of rotatable bonds is 74. The van der Waals surface area contributed by atoms with Gasteiger partial charge in [0.25, 0.3) is 5.56 Å². The molecule has 3 rings (SSSR count). The Morgan fingerprint density at radius 1 is 0.353 bits per heavy atom. The molecule has 1 N–H and O–H groups in total. The first-order valence-electron chi connectivity index (χ1n) is 43.7. The van der Waals surface area contributed by atoms with E-state index < -0.39 is 47.5 Å². The van der Waals surface area contributed by atoms with E-state index >= 15 is 0 Å². The third kappa shape index (κ3) is 48.5. The fourth-order valence-electron chi connectivity index (χ4n) is 14.6. The highest BCUT2D eigenvalue weighted by atomic mass is 16.6. The van der Waals surface area contributed by atoms with E-state index in [4.69, 9.17) is 18.9 Å². The smallest absolute Gasteiger partial charge is 0.349 e. The predicted molar refractivity (Wildman–Crippen MR) is 424 cm³/mol. The Hall–Kier alpha value is -4.62. The maximum atomic E-state index is 14.6. The van der Waals surface area contributed by atoms with Crippen LogP contribution in [-0.2, 0) is 44.7 Å². The number of nitrogens with zero attached hydrogens (tertiary/aromatic N) is 3. The van der Waals surface area contributed by atoms with Crippen molar-refractivity contribution in [1.29, 1.82) is 0 Å². The summed E-state index contributed by atoms with van der Waals surface area (Å²) < 4.78 is 27.3. The minimum atomic E-state index is -1.39. The number of carbonyl (C=O) groups is 4. The van der Waals surface area contributed by atoms with Crippen LogP contribution in [0.15, 0.2) is 33.9 Å². The first-order valence-corrected chi connectivity index (χ1v) is 43.7. The number of aromatic amines is 1. The van der Waals surface area contributed by atoms with Crippen LogP contribution in [0.5, 0.6) is 0 Å². The van der Waals surface area contributed by atoms with Crippen molar-refractivity contribution >= 4 is 34.9 Å². The van der Waals surface area contributed by atoms with Gasteiger partial charge in [0.1, 0.15) is 6.10 Å². The number of aromatic nitrogens is 4. The molecule has 3 atom stereocenters. The summed E-state index contributed by atoms with van der Waals surface area (Å²) in [6, 6.07) is 7.13. The van der Waals surface area contributed by atoms with Gasteiger partial charge in [-0.15, -0.1) is 0 Å². The third-order valence-corrected chi connectivity index (χ3v) is 21.0. The molecule has 2 aliphatic heterocycles. The highest BCUT2D eigenvalue weighted by Crippen LogP contribution is 2.28. The molecular formula is C88H154N4O10. The summed E-state index contributed by atoms with van der Waals surface area (Å²) in [5.41, 5.74) is -0.778. The highest BCUT2D eigenvalue weighted by molar-refractivity contribution is 5.79. The van der Waals surface area contributed by atoms with Crippen LogP contribution in [-0.4, -0.2) is 68.3 Å². The fourth-order valence-corrected chi connectivity index (χ4v) is 14.6. The van der Waals surface area contributed by atoms with Crippen LogP contribution in [0, 0.1) is 0 Å². The first kappa shape index (κ1) is 91.6. The number of fused-ring (bicyclic) bond motifs is 2. The lowest BCUT2D eigenvalue weighted by atomic mass is 10.0. The third-order valence-electron chi connectivity index (χ3n) is 21.0. The first-order chi connectivity index (χ1) is 50.1. The molecule has 0 spiro atoms. The van der Waals surface area contributed by atoms with Crippen LogP contribution in [0.4, 0.5) is 0 Å². The lowest BCUT2D eigenvalue weighted by molar-refractivity contribution is -0.188. The summed E-state index contributed by atoms with van der Waals surface area (Å²) in [5, 5.41) is 0. The maximum Gasteiger partial charge on any atom is 0.349 e. The molecule has 0 aromatic heterocycles. The Balaban J connectivity index is 1.86. The van der Waals surface area contributed by atoms with Crippen molar-refractivity contribution < 1.29 is 38.1 Å². The van der Waals surface area contributed by atoms with Crippen molar-refractivity contribution in [2.45, 2.75) is 470 Å². The van der Waals surface area contributed by atoms with Gasteiger partial charge < -0.3 is 23.5 Å². The van der Waals surface area contributed by atoms with Gasteiger partial charge in [0.05, 0.1) is 24.2 Å². The van der Waals surface area contributed by atoms with Crippen LogP contribution in [0.2, 0.25) is 0 Å². The number of carbonyl (C=O) groups excluding carboxylic acids is 4. The molecule has 0 saturated carbocycles. The number of H-pyrrole nitrogens is 1. The van der Waals surface area contributed by atoms with Crippen LogP contribution < -0.4 is 11.2 Å². The fraction of sp³-hybridized carbons (Fsp3) is 0.841. The van der Waals surface area contributed by atoms with Crippen molar-refractivity contribution in [2.75, 3.05) is 6.61 Å². The van der Waals surface area contributed by atoms with Crippen LogP contribution >= 0.6 is 0 Å². The standard InChI is InChI=1S/C88H154N4O10/c1-5-9-13-17-21-25-29-33-37-41-45-49-53-57-61-69-80(93)99-74-73-78(100-81(94)70-62-58-54-50-46-42-38-34-30-26-22-18-14-10-6-2)85(102-83(96)72-64-60-56-52-48-44-40-36-32-28-24-20-16-12-8-4)79(75-92-77-68-66-65-67-76(77)89-84-86(92)90-88(98)91-87(84)97)101-82(95)71-63-59-55-51-47-43-39-35-31-27-23-19-15-11-7-3/h65-68,78-79,85H,5-64,69-75H2,1-4H3,(H,91,97,98)/t78-,79+,85+/m1/s1. The van der Waals surface area contributed by atoms with E-state index in [9.17, 15) is 28.8 Å². The molecule has 586 valence electrons. The van der Waals surface area contributed by atoms with E-state index in [2.05, 4.69) is 42.6 Å². The molecule has 102 heavy (non-hydrogen) atoms. The van der Waals surface area contributed by atoms with Gasteiger partial charge >= 0.3 is 29.6 Å². The molecule has 0 radical (unpaired) electrons. The molecule has 1 aromatic rings. The molecule has 1 aromatic carbocycles. The van der Waals surface area contributed by atoms with Gasteiger partial charge in [-0.3, -0.25) is 29.0 Å². The minimum absolute atomic E-state index is 0.0374. The van der Waals surface area contributed by atoms with Gasteiger partial charge in [-0.25, -0.2) is 9.78 Å². The number of esters is 4. The summed E-state index contributed by atoms with van der Waals surface area (Å²) >= 11 is 0. The van der Waals surface area contributed by atoms with Crippen molar-refractivity contribution in [1.82, 2.24) is 19.5 Å². The zero-order valence-electron chi connectivity index (χ0n) is 66.3. The van der Waals surface area contributed by atoms with Crippen LogP contribution in [0.25, 0.3) is 22.6 Å². The number of para-hydroxylation sites is 2. The number of unbranched alkanes of at least 4 members (excludes halogenated alkanes) is 56. The normalized spacial score (nSPS) is 12.5. The van der Waals surface area contributed by atoms with Crippen LogP contribution in [0.3, 0.4) is 0 Å². The topological polar surface area (TPSA) is 186 Å². The maximum absolute atomic E-state index is 14.6. The van der Waals surface area contributed by atoms with E-state index in [1.165, 1.54) is 270 Å². The lowest BCUT2D eigenvalue weighted by Crippen LogP contribution is -2.48. The van der Waals surface area contributed by atoms with Gasteiger partial charge in [-0.1, -0.05) is 399 Å². The predicted octanol–water partition coefficient (Wildman–Crippen LogP) is 25.3. The van der Waals surface area contributed by atoms with E-state index in [0.29, 0.717) is 36.7 Å². The Bertz CT molecular complexity index is 2570. The largest absolute Gasteiger partial charge is 0.466 e. The molecule has 0 saturated heterocycles. The number of benzene rings is 1. The molecule has 0 amide bonds. The summed E-state index contributed by atoms with van der Waals surface area (Å²) in [6.07, 6.45) is 68.3. The Morgan fingerprint density at radius 2 is 0.637 bits per heavy atom. The van der Waals surface area contributed by atoms with Crippen LogP contribution in [0.1, 0.15) is 445 Å². The Labute approximate surface area is 622 Å². The van der Waals surface area contributed by atoms with Crippen molar-refractivity contribution in [2.24, 2.45) is 0 Å². The average Bonchev–Trinajstić information content (AvgIpc) is 0.761. The molecule has 2 heterocycles. The summed E-state index contributed by atoms with van der Waals surface area (Å²) in [7, 11) is 0. The summed E-state index contributed by atoms with van der Waals surface area (Å²) in [6.45, 7) is 8.68. The van der Waals surface area contributed by atoms with Gasteiger partial charge in [0, 0.05) is 32.1 Å². The minimum Gasteiger partial charge on any atom is -0.466 e. The van der Waals surface area contributed by atoms with Gasteiger partial charge in [0.15, 0.2) is 23.7 Å². The Kier molecular flexibility index (Phi) is 59.1. The molecule has 0 fully saturated rings. The van der Waals surface area contributed by atoms with Gasteiger partial charge in [-0.05, 0) is 37.8 Å². The number of nitrogens with one attached hydrogen (secondary N) is 1. The average molecular weight is 1430 g/mol. The monoisotopic (exact) mass is 1430 g/mol. The van der Waals surface area contributed by atoms with E-state index in [1.807, 2.05) is 0 Å². The van der Waals surface area contributed by atoms with E-state index in [1.54, 1.807) is 28.8 Å². The quantitative estimate of drug-likeness (QED) is 0.0244. The number of hydrogen-bond donors (Lipinski definition) is 1. The second-order valence-electron chi connectivity index (χ2n) is 30.6. The summed E-state index contributed by atoms with van der Waals surface area (Å²) in [5.74, 6) is -1.92. The second-order valence-corrected chi connectivity index (χ2v) is 30.6. The van der Waals surface area contributed by atoms with Crippen molar-refractivity contribution in [3.8, 4) is 11.5 Å². The zero-order chi connectivity index (χ0) is 73.2. The number of ether oxygens (including phenoxy) is 4. The molecule has 0 bridgehead atoms. The Morgan fingerprint density at radius 3 is 0.971 bits per heavy atom. The van der Waals surface area contributed by atoms with Gasteiger partial charge in [0.2, 0.25) is 0 Å². The molecule has 14 heteroatoms. The van der Waals surface area contributed by atoms with Crippen molar-refractivity contribution in [3.63, 3.8) is 0 Å². The van der Waals surface area contributed by atoms with E-state index in [0.717, 1.165) is 89.9 Å². The SMILES string of the molecule is CCCCCCCCCCCCCCCCCC(=O)OCC[C@@H](OC(=O)CCCCCCCCCCCCCCCCC)[C@H](OC(=O)CCCCCCCCCCCCCCCCC)[C@H](Cn1c2nc(=O)[nH]c(=O)c-2nc2ccccc21)OC(=O)CCCCCCCCCCCCCCCCC. The van der Waals surface area contributed by atoms with Gasteiger partial charge in [-0.2, -0.15) is 4.98 Å². The summed E-state index contributed by atoms with van der Waals surface area (Å²) in [4.78, 5) is 95.0. The zero-order valence-corrected chi connectivity index (χ0v) is 66.3. The molecule has 14 nitrogen and oxygen atoms in total. The number of hydrogen-bond acceptors (Lipinski definition) is 12. The molecular weight excluding hydrogens is 1270 g/mol. The highest BCUT2D eigenvalue weighted by Gasteiger charge is 2.40. The van der Waals surface area contributed by atoms with Crippen molar-refractivity contribution in [3.05, 3.63) is 45.1 Å². The van der Waals surface area contributed by atoms with E-state index in [-0.39, 0.29) is 62.7 Å². The lowest BCUT2D eigenvalue weighted by Gasteiger charge is -2.34. The molecule has 0 unspecified atom stereocenters. The molecule has 0 aliphatic carbocycles.